The fourth-order valence-electron chi connectivity index (χ4n) is 3.57. The van der Waals surface area contributed by atoms with E-state index in [1.165, 1.54) is 22.7 Å². The van der Waals surface area contributed by atoms with Crippen LogP contribution in [0.25, 0.3) is 0 Å². The summed E-state index contributed by atoms with van der Waals surface area (Å²) in [6.45, 7) is 2.19. The summed E-state index contributed by atoms with van der Waals surface area (Å²) in [6.07, 6.45) is 2.43. The molecule has 0 saturated heterocycles. The number of nitrogens with one attached hydrogen (secondary N) is 2. The number of aromatic nitrogens is 3. The highest BCUT2D eigenvalue weighted by Gasteiger charge is 2.31. The number of aryl methyl sites for hydroxylation is 1. The van der Waals surface area contributed by atoms with Crippen molar-refractivity contribution in [3.8, 4) is 11.5 Å². The predicted octanol–water partition coefficient (Wildman–Crippen LogP) is 4.15. The predicted molar refractivity (Wildman–Crippen MR) is 123 cm³/mol. The number of anilines is 2. The molecule has 32 heavy (non-hydrogen) atoms. The Morgan fingerprint density at radius 2 is 2.03 bits per heavy atom. The number of nitrogens with zero attached hydrogens (tertiary/aromatic N) is 3. The number of carbonyl (C=O) groups is 2. The minimum absolute atomic E-state index is 0.144. The minimum atomic E-state index is -0.377. The number of amides is 2. The number of ether oxygens (including phenoxy) is 2. The Morgan fingerprint density at radius 3 is 2.91 bits per heavy atom. The van der Waals surface area contributed by atoms with E-state index in [1.807, 2.05) is 6.92 Å². The Morgan fingerprint density at radius 1 is 1.16 bits per heavy atom. The van der Waals surface area contributed by atoms with E-state index >= 15 is 0 Å². The average Bonchev–Trinajstić information content (AvgIpc) is 3.52. The lowest BCUT2D eigenvalue weighted by molar-refractivity contribution is -0.117. The van der Waals surface area contributed by atoms with Gasteiger partial charge in [-0.15, -0.1) is 21.5 Å². The molecule has 1 atom stereocenters. The van der Waals surface area contributed by atoms with Crippen LogP contribution in [0.5, 0.6) is 11.5 Å². The smallest absolute Gasteiger partial charge is 0.257 e. The van der Waals surface area contributed by atoms with Gasteiger partial charge in [0.05, 0.1) is 11.6 Å². The molecule has 0 radical (unpaired) electrons. The molecule has 2 aliphatic rings. The highest BCUT2D eigenvalue weighted by Crippen LogP contribution is 2.38. The van der Waals surface area contributed by atoms with Gasteiger partial charge in [0.25, 0.3) is 5.91 Å². The van der Waals surface area contributed by atoms with Crippen molar-refractivity contribution < 1.29 is 19.1 Å². The summed E-state index contributed by atoms with van der Waals surface area (Å²) < 4.78 is 11.5. The van der Waals surface area contributed by atoms with Crippen molar-refractivity contribution in [1.82, 2.24) is 15.2 Å². The summed E-state index contributed by atoms with van der Waals surface area (Å²) in [5.41, 5.74) is 1.18. The zero-order valence-corrected chi connectivity index (χ0v) is 19.5. The first-order chi connectivity index (χ1) is 15.6. The van der Waals surface area contributed by atoms with Crippen LogP contribution in [0.4, 0.5) is 10.3 Å². The molecule has 5 rings (SSSR count). The van der Waals surface area contributed by atoms with Gasteiger partial charge in [0.15, 0.2) is 21.0 Å². The summed E-state index contributed by atoms with van der Waals surface area (Å²) in [5, 5.41) is 14.8. The molecule has 0 spiro atoms. The second-order valence-electron chi connectivity index (χ2n) is 7.09. The van der Waals surface area contributed by atoms with Crippen molar-refractivity contribution in [3.63, 3.8) is 0 Å². The van der Waals surface area contributed by atoms with Gasteiger partial charge in [0.2, 0.25) is 17.8 Å². The van der Waals surface area contributed by atoms with E-state index in [2.05, 4.69) is 25.8 Å². The third-order valence-electron chi connectivity index (χ3n) is 5.03. The molecule has 3 heterocycles. The third kappa shape index (κ3) is 4.30. The molecule has 2 N–H and O–H groups in total. The Bertz CT molecular complexity index is 1180. The van der Waals surface area contributed by atoms with Crippen LogP contribution in [0.2, 0.25) is 0 Å². The first-order valence-electron chi connectivity index (χ1n) is 10.1. The molecule has 1 aliphatic carbocycles. The summed E-state index contributed by atoms with van der Waals surface area (Å²) in [4.78, 5) is 31.3. The van der Waals surface area contributed by atoms with Gasteiger partial charge in [0.1, 0.15) is 0 Å². The molecule has 166 valence electrons. The second kappa shape index (κ2) is 9.04. The largest absolute Gasteiger partial charge is 0.454 e. The maximum absolute atomic E-state index is 12.9. The first-order valence-corrected chi connectivity index (χ1v) is 12.7. The van der Waals surface area contributed by atoms with Gasteiger partial charge < -0.3 is 9.47 Å². The second-order valence-corrected chi connectivity index (χ2v) is 10.7. The third-order valence-corrected chi connectivity index (χ3v) is 7.93. The summed E-state index contributed by atoms with van der Waals surface area (Å²) in [5.74, 6) is 1.26. The Balaban J connectivity index is 1.29. The lowest BCUT2D eigenvalue weighted by Gasteiger charge is -2.19. The van der Waals surface area contributed by atoms with Crippen LogP contribution < -0.4 is 20.1 Å². The first kappa shape index (κ1) is 21.2. The molecule has 0 fully saturated rings. The van der Waals surface area contributed by atoms with Crippen LogP contribution in [0.1, 0.15) is 46.6 Å². The number of fused-ring (bicyclic) bond motifs is 2. The summed E-state index contributed by atoms with van der Waals surface area (Å²) >= 11 is 4.37. The van der Waals surface area contributed by atoms with Crippen LogP contribution >= 0.6 is 34.4 Å². The van der Waals surface area contributed by atoms with E-state index in [0.29, 0.717) is 33.7 Å². The molecule has 9 nitrogen and oxygen atoms in total. The van der Waals surface area contributed by atoms with Crippen LogP contribution in [-0.4, -0.2) is 39.5 Å². The monoisotopic (exact) mass is 489 g/mol. The molecule has 0 saturated carbocycles. The van der Waals surface area contributed by atoms with E-state index < -0.39 is 0 Å². The van der Waals surface area contributed by atoms with E-state index in [1.54, 1.807) is 30.0 Å². The Labute approximate surface area is 195 Å². The number of hydrogen-bond donors (Lipinski definition) is 2. The van der Waals surface area contributed by atoms with Crippen molar-refractivity contribution in [2.75, 3.05) is 23.2 Å². The SMILES string of the molecule is CCSc1nnc(NC(=O)C2CCCc3sc(NC(=O)c4ccc5c(c4)OCO5)nc32)s1. The Kier molecular flexibility index (Phi) is 5.98. The van der Waals surface area contributed by atoms with Gasteiger partial charge in [-0.1, -0.05) is 30.0 Å². The van der Waals surface area contributed by atoms with Gasteiger partial charge in [-0.05, 0) is 43.2 Å². The lowest BCUT2D eigenvalue weighted by Crippen LogP contribution is -2.24. The van der Waals surface area contributed by atoms with Crippen molar-refractivity contribution >= 4 is 56.5 Å². The highest BCUT2D eigenvalue weighted by atomic mass is 32.2. The van der Waals surface area contributed by atoms with Crippen LogP contribution in [0, 0.1) is 0 Å². The van der Waals surface area contributed by atoms with Gasteiger partial charge >= 0.3 is 0 Å². The molecule has 3 aromatic rings. The number of thiazole rings is 1. The number of carbonyl (C=O) groups excluding carboxylic acids is 2. The molecule has 1 aromatic carbocycles. The van der Waals surface area contributed by atoms with Crippen LogP contribution in [0.15, 0.2) is 22.5 Å². The molecular formula is C20H19N5O4S3. The standard InChI is InChI=1S/C20H19N5O4S3/c1-2-30-20-25-24-19(32-20)23-17(27)11-4-3-5-14-15(11)21-18(31-14)22-16(26)10-6-7-12-13(8-10)29-9-28-12/h6-8,11H,2-5,9H2,1H3,(H,21,22,26)(H,23,24,27). The zero-order chi connectivity index (χ0) is 22.1. The lowest BCUT2D eigenvalue weighted by atomic mass is 9.90. The normalized spacial score (nSPS) is 16.5. The fraction of sp³-hybridized carbons (Fsp3) is 0.350. The van der Waals surface area contributed by atoms with E-state index in [0.717, 1.165) is 33.5 Å². The molecule has 1 unspecified atom stereocenters. The molecule has 1 aliphatic heterocycles. The van der Waals surface area contributed by atoms with Crippen LogP contribution in [-0.2, 0) is 11.2 Å². The summed E-state index contributed by atoms with van der Waals surface area (Å²) in [7, 11) is 0. The minimum Gasteiger partial charge on any atom is -0.454 e. The van der Waals surface area contributed by atoms with Gasteiger partial charge in [-0.25, -0.2) is 4.98 Å². The van der Waals surface area contributed by atoms with E-state index in [4.69, 9.17) is 9.47 Å². The van der Waals surface area contributed by atoms with Gasteiger partial charge in [-0.2, -0.15) is 0 Å². The molecule has 2 amide bonds. The quantitative estimate of drug-likeness (QED) is 0.392. The molecule has 0 bridgehead atoms. The molecule has 12 heteroatoms. The number of benzene rings is 1. The maximum atomic E-state index is 12.9. The van der Waals surface area contributed by atoms with Crippen molar-refractivity contribution in [2.45, 2.75) is 36.4 Å². The van der Waals surface area contributed by atoms with Crippen molar-refractivity contribution in [3.05, 3.63) is 34.3 Å². The summed E-state index contributed by atoms with van der Waals surface area (Å²) in [6, 6.07) is 5.04. The Hall–Kier alpha value is -2.70. The average molecular weight is 490 g/mol. The topological polar surface area (TPSA) is 115 Å². The molecule has 2 aromatic heterocycles. The molecular weight excluding hydrogens is 470 g/mol. The number of thioether (sulfide) groups is 1. The van der Waals surface area contributed by atoms with Gasteiger partial charge in [0, 0.05) is 10.4 Å². The van der Waals surface area contributed by atoms with Crippen molar-refractivity contribution in [2.24, 2.45) is 0 Å². The van der Waals surface area contributed by atoms with Crippen molar-refractivity contribution in [1.29, 1.82) is 0 Å². The van der Waals surface area contributed by atoms with E-state index in [9.17, 15) is 9.59 Å². The zero-order valence-electron chi connectivity index (χ0n) is 17.0. The maximum Gasteiger partial charge on any atom is 0.257 e. The number of rotatable bonds is 6. The van der Waals surface area contributed by atoms with Crippen LogP contribution in [0.3, 0.4) is 0 Å². The van der Waals surface area contributed by atoms with Gasteiger partial charge in [-0.3, -0.25) is 20.2 Å². The number of hydrogen-bond acceptors (Lipinski definition) is 10. The fourth-order valence-corrected chi connectivity index (χ4v) is 6.28. The van der Waals surface area contributed by atoms with E-state index in [-0.39, 0.29) is 24.5 Å². The highest BCUT2D eigenvalue weighted by molar-refractivity contribution is 8.01.